The number of benzene rings is 1. The Morgan fingerprint density at radius 1 is 1.14 bits per heavy atom. The molecule has 1 atom stereocenters. The molecule has 5 rings (SSSR count). The van der Waals surface area contributed by atoms with E-state index in [2.05, 4.69) is 25.6 Å². The molecule has 4 heterocycles. The Hall–Kier alpha value is -4.47. The maximum atomic E-state index is 12.5. The fourth-order valence-electron chi connectivity index (χ4n) is 4.17. The summed E-state index contributed by atoms with van der Waals surface area (Å²) in [5.41, 5.74) is 3.65. The van der Waals surface area contributed by atoms with E-state index < -0.39 is 0 Å². The fraction of sp³-hybridized carbons (Fsp3) is 0.269. The largest absolute Gasteiger partial charge is 0.493 e. The van der Waals surface area contributed by atoms with Gasteiger partial charge < -0.3 is 24.8 Å². The predicted molar refractivity (Wildman–Crippen MR) is 136 cm³/mol. The number of hydrogen-bond acceptors (Lipinski definition) is 7. The number of hydrogen-bond donors (Lipinski definition) is 2. The Labute approximate surface area is 208 Å². The average molecular weight is 486 g/mol. The number of pyridine rings is 1. The minimum Gasteiger partial charge on any atom is -0.493 e. The van der Waals surface area contributed by atoms with E-state index in [1.165, 1.54) is 0 Å². The first-order valence-electron chi connectivity index (χ1n) is 11.6. The lowest BCUT2D eigenvalue weighted by Gasteiger charge is -2.11. The number of nitrogens with zero attached hydrogens (tertiary/aromatic N) is 5. The molecule has 2 amide bonds. The summed E-state index contributed by atoms with van der Waals surface area (Å²) >= 11 is 0. The minimum atomic E-state index is -0.0497. The molecule has 1 unspecified atom stereocenters. The van der Waals surface area contributed by atoms with Crippen molar-refractivity contribution >= 4 is 34.4 Å². The van der Waals surface area contributed by atoms with Gasteiger partial charge in [0.1, 0.15) is 11.4 Å². The Bertz CT molecular complexity index is 1450. The zero-order chi connectivity index (χ0) is 25.2. The van der Waals surface area contributed by atoms with Crippen LogP contribution in [-0.4, -0.2) is 63.5 Å². The molecule has 1 fully saturated rings. The molecule has 0 spiro atoms. The van der Waals surface area contributed by atoms with Crippen molar-refractivity contribution in [1.29, 1.82) is 0 Å². The van der Waals surface area contributed by atoms with Gasteiger partial charge >= 0.3 is 0 Å². The summed E-state index contributed by atoms with van der Waals surface area (Å²) in [5.74, 6) is 1.28. The van der Waals surface area contributed by atoms with Crippen LogP contribution in [0.2, 0.25) is 0 Å². The molecule has 1 aromatic carbocycles. The lowest BCUT2D eigenvalue weighted by atomic mass is 10.1. The number of rotatable bonds is 7. The minimum absolute atomic E-state index is 0.0497. The average Bonchev–Trinajstić information content (AvgIpc) is 3.45. The van der Waals surface area contributed by atoms with Crippen molar-refractivity contribution < 1.29 is 14.3 Å². The number of carbonyl (C=O) groups excluding carboxylic acids is 2. The van der Waals surface area contributed by atoms with Gasteiger partial charge in [0, 0.05) is 69.6 Å². The van der Waals surface area contributed by atoms with E-state index in [9.17, 15) is 9.59 Å². The number of aromatic nitrogens is 4. The number of anilines is 2. The number of ether oxygens (including phenoxy) is 1. The zero-order valence-electron chi connectivity index (χ0n) is 20.4. The molecule has 0 saturated carbocycles. The number of aryl methyl sites for hydroxylation is 1. The number of fused-ring (bicyclic) bond motifs is 1. The number of carbonyl (C=O) groups is 2. The van der Waals surface area contributed by atoms with Crippen LogP contribution >= 0.6 is 0 Å². The van der Waals surface area contributed by atoms with Gasteiger partial charge in [-0.3, -0.25) is 14.6 Å². The Kier molecular flexibility index (Phi) is 6.24. The summed E-state index contributed by atoms with van der Waals surface area (Å²) in [6, 6.07) is 13.2. The van der Waals surface area contributed by atoms with E-state index in [1.54, 1.807) is 43.5 Å². The highest BCUT2D eigenvalue weighted by molar-refractivity contribution is 5.99. The highest BCUT2D eigenvalue weighted by atomic mass is 16.5. The summed E-state index contributed by atoms with van der Waals surface area (Å²) in [4.78, 5) is 38.8. The summed E-state index contributed by atoms with van der Waals surface area (Å²) in [5, 5.41) is 7.04. The second kappa shape index (κ2) is 9.65. The van der Waals surface area contributed by atoms with E-state index in [1.807, 2.05) is 41.9 Å². The van der Waals surface area contributed by atoms with Gasteiger partial charge in [-0.25, -0.2) is 9.97 Å². The van der Waals surface area contributed by atoms with Crippen LogP contribution in [0.4, 0.5) is 11.6 Å². The Morgan fingerprint density at radius 3 is 2.75 bits per heavy atom. The van der Waals surface area contributed by atoms with Crippen LogP contribution in [-0.2, 0) is 11.8 Å². The molecule has 1 saturated heterocycles. The van der Waals surface area contributed by atoms with E-state index in [0.29, 0.717) is 48.4 Å². The molecule has 1 aliphatic rings. The van der Waals surface area contributed by atoms with Crippen molar-refractivity contribution in [3.05, 3.63) is 60.6 Å². The Balaban J connectivity index is 1.33. The quantitative estimate of drug-likeness (QED) is 0.414. The van der Waals surface area contributed by atoms with Crippen LogP contribution in [0.1, 0.15) is 16.9 Å². The van der Waals surface area contributed by atoms with Gasteiger partial charge in [-0.2, -0.15) is 0 Å². The normalized spacial score (nSPS) is 15.1. The Morgan fingerprint density at radius 2 is 1.97 bits per heavy atom. The third kappa shape index (κ3) is 4.83. The van der Waals surface area contributed by atoms with Crippen LogP contribution in [0.25, 0.3) is 22.3 Å². The molecule has 1 aliphatic heterocycles. The second-order valence-electron chi connectivity index (χ2n) is 9.01. The van der Waals surface area contributed by atoms with Crippen molar-refractivity contribution in [2.75, 3.05) is 32.6 Å². The van der Waals surface area contributed by atoms with E-state index in [4.69, 9.17) is 4.74 Å². The van der Waals surface area contributed by atoms with Gasteiger partial charge in [0.25, 0.3) is 5.91 Å². The first kappa shape index (κ1) is 23.3. The van der Waals surface area contributed by atoms with Crippen molar-refractivity contribution in [1.82, 2.24) is 29.7 Å². The molecule has 36 heavy (non-hydrogen) atoms. The van der Waals surface area contributed by atoms with Crippen LogP contribution < -0.4 is 15.4 Å². The van der Waals surface area contributed by atoms with E-state index in [0.717, 1.165) is 16.6 Å². The predicted octanol–water partition coefficient (Wildman–Crippen LogP) is 2.99. The smallest absolute Gasteiger partial charge is 0.269 e. The highest BCUT2D eigenvalue weighted by Gasteiger charge is 2.22. The van der Waals surface area contributed by atoms with Crippen molar-refractivity contribution in [3.63, 3.8) is 0 Å². The summed E-state index contributed by atoms with van der Waals surface area (Å²) < 4.78 is 7.77. The third-order valence-corrected chi connectivity index (χ3v) is 6.12. The van der Waals surface area contributed by atoms with E-state index >= 15 is 0 Å². The first-order valence-corrected chi connectivity index (χ1v) is 11.6. The van der Waals surface area contributed by atoms with Gasteiger partial charge in [0.2, 0.25) is 11.9 Å². The third-order valence-electron chi connectivity index (χ3n) is 6.12. The molecule has 3 aromatic heterocycles. The van der Waals surface area contributed by atoms with Crippen molar-refractivity contribution in [2.24, 2.45) is 13.0 Å². The molecule has 0 radical (unpaired) electrons. The first-order chi connectivity index (χ1) is 17.4. The topological polar surface area (TPSA) is 114 Å². The fourth-order valence-corrected chi connectivity index (χ4v) is 4.17. The maximum Gasteiger partial charge on any atom is 0.269 e. The maximum absolute atomic E-state index is 12.5. The standard InChI is InChI=1S/C26H27N7O3/c1-32(2)25(35)23-11-17-4-5-18(12-22(17)33(23)3)30-26-28-9-7-20(31-26)21-13-19(6-8-27-21)36-15-16-10-24(34)29-14-16/h4-9,11-13,16H,10,14-15H2,1-3H3,(H,29,34)(H,28,30,31). The zero-order valence-corrected chi connectivity index (χ0v) is 20.4. The van der Waals surface area contributed by atoms with Crippen LogP contribution in [0.3, 0.4) is 0 Å². The van der Waals surface area contributed by atoms with E-state index in [-0.39, 0.29) is 17.7 Å². The molecule has 10 heteroatoms. The van der Waals surface area contributed by atoms with Gasteiger partial charge in [-0.1, -0.05) is 6.07 Å². The van der Waals surface area contributed by atoms with Gasteiger partial charge in [0.15, 0.2) is 0 Å². The van der Waals surface area contributed by atoms with Crippen LogP contribution in [0.5, 0.6) is 5.75 Å². The summed E-state index contributed by atoms with van der Waals surface area (Å²) in [6.45, 7) is 1.10. The second-order valence-corrected chi connectivity index (χ2v) is 9.01. The molecule has 0 bridgehead atoms. The van der Waals surface area contributed by atoms with Crippen molar-refractivity contribution in [2.45, 2.75) is 6.42 Å². The summed E-state index contributed by atoms with van der Waals surface area (Å²) in [7, 11) is 5.36. The lowest BCUT2D eigenvalue weighted by molar-refractivity contribution is -0.119. The van der Waals surface area contributed by atoms with Gasteiger partial charge in [-0.05, 0) is 30.3 Å². The SMILES string of the molecule is CN(C)C(=O)c1cc2ccc(Nc3nccc(-c4cc(OCC5CNC(=O)C5)ccn4)n3)cc2n1C. The number of nitrogens with one attached hydrogen (secondary N) is 2. The molecule has 4 aromatic rings. The molecule has 10 nitrogen and oxygen atoms in total. The van der Waals surface area contributed by atoms with Crippen LogP contribution in [0.15, 0.2) is 54.9 Å². The monoisotopic (exact) mass is 485 g/mol. The van der Waals surface area contributed by atoms with Crippen LogP contribution in [0, 0.1) is 5.92 Å². The molecular weight excluding hydrogens is 458 g/mol. The highest BCUT2D eigenvalue weighted by Crippen LogP contribution is 2.26. The molecule has 184 valence electrons. The molecular formula is C26H27N7O3. The summed E-state index contributed by atoms with van der Waals surface area (Å²) in [6.07, 6.45) is 3.83. The van der Waals surface area contributed by atoms with Crippen molar-refractivity contribution in [3.8, 4) is 17.1 Å². The van der Waals surface area contributed by atoms with Gasteiger partial charge in [0.05, 0.1) is 23.5 Å². The lowest BCUT2D eigenvalue weighted by Crippen LogP contribution is -2.23. The molecule has 2 N–H and O–H groups in total. The molecule has 0 aliphatic carbocycles. The number of amides is 2. The van der Waals surface area contributed by atoms with Gasteiger partial charge in [-0.15, -0.1) is 0 Å².